The van der Waals surface area contributed by atoms with Gasteiger partial charge >= 0.3 is 0 Å². The second-order valence-electron chi connectivity index (χ2n) is 4.87. The fourth-order valence-electron chi connectivity index (χ4n) is 1.77. The molecule has 0 saturated carbocycles. The van der Waals surface area contributed by atoms with E-state index in [0.29, 0.717) is 0 Å². The SMILES string of the molecule is CC(C)C(NC(=O)c1c(F)cccc1F)C(=O)NCCN. The number of rotatable bonds is 6. The minimum atomic E-state index is -0.975. The van der Waals surface area contributed by atoms with Crippen molar-refractivity contribution in [2.75, 3.05) is 13.1 Å². The molecule has 2 amide bonds. The van der Waals surface area contributed by atoms with Gasteiger partial charge in [0.05, 0.1) is 0 Å². The van der Waals surface area contributed by atoms with Crippen molar-refractivity contribution in [1.82, 2.24) is 10.6 Å². The van der Waals surface area contributed by atoms with Crippen molar-refractivity contribution in [3.8, 4) is 0 Å². The van der Waals surface area contributed by atoms with Crippen LogP contribution in [-0.4, -0.2) is 30.9 Å². The fraction of sp³-hybridized carbons (Fsp3) is 0.429. The van der Waals surface area contributed by atoms with Gasteiger partial charge in [-0.3, -0.25) is 9.59 Å². The zero-order valence-corrected chi connectivity index (χ0v) is 12.0. The third kappa shape index (κ3) is 4.49. The molecule has 116 valence electrons. The second kappa shape index (κ2) is 7.68. The Balaban J connectivity index is 2.89. The lowest BCUT2D eigenvalue weighted by atomic mass is 10.0. The molecule has 0 fully saturated rings. The normalized spacial score (nSPS) is 12.1. The second-order valence-corrected chi connectivity index (χ2v) is 4.87. The van der Waals surface area contributed by atoms with Crippen LogP contribution in [0.5, 0.6) is 0 Å². The average Bonchev–Trinajstić information content (AvgIpc) is 2.41. The Kier molecular flexibility index (Phi) is 6.23. The van der Waals surface area contributed by atoms with E-state index in [2.05, 4.69) is 10.6 Å². The highest BCUT2D eigenvalue weighted by atomic mass is 19.1. The molecule has 0 saturated heterocycles. The number of amides is 2. The summed E-state index contributed by atoms with van der Waals surface area (Å²) >= 11 is 0. The molecule has 0 spiro atoms. The first kappa shape index (κ1) is 17.0. The van der Waals surface area contributed by atoms with Crippen molar-refractivity contribution < 1.29 is 18.4 Å². The van der Waals surface area contributed by atoms with E-state index < -0.39 is 35.1 Å². The summed E-state index contributed by atoms with van der Waals surface area (Å²) in [5, 5.41) is 4.88. The summed E-state index contributed by atoms with van der Waals surface area (Å²) in [6.45, 7) is 3.94. The van der Waals surface area contributed by atoms with E-state index in [0.717, 1.165) is 18.2 Å². The largest absolute Gasteiger partial charge is 0.353 e. The Labute approximate surface area is 121 Å². The van der Waals surface area contributed by atoms with E-state index in [1.54, 1.807) is 13.8 Å². The van der Waals surface area contributed by atoms with Crippen molar-refractivity contribution in [3.63, 3.8) is 0 Å². The van der Waals surface area contributed by atoms with E-state index in [1.165, 1.54) is 0 Å². The highest BCUT2D eigenvalue weighted by Gasteiger charge is 2.26. The lowest BCUT2D eigenvalue weighted by molar-refractivity contribution is -0.123. The smallest absolute Gasteiger partial charge is 0.257 e. The molecule has 0 aliphatic carbocycles. The Morgan fingerprint density at radius 3 is 2.29 bits per heavy atom. The summed E-state index contributed by atoms with van der Waals surface area (Å²) in [6.07, 6.45) is 0. The molecule has 0 aromatic heterocycles. The Morgan fingerprint density at radius 2 is 1.81 bits per heavy atom. The fourth-order valence-corrected chi connectivity index (χ4v) is 1.77. The molecule has 21 heavy (non-hydrogen) atoms. The molecule has 5 nitrogen and oxygen atoms in total. The minimum absolute atomic E-state index is 0.249. The van der Waals surface area contributed by atoms with Gasteiger partial charge in [-0.25, -0.2) is 8.78 Å². The Hall–Kier alpha value is -2.02. The van der Waals surface area contributed by atoms with Gasteiger partial charge in [0.1, 0.15) is 23.2 Å². The van der Waals surface area contributed by atoms with Gasteiger partial charge in [-0.15, -0.1) is 0 Å². The standard InChI is InChI=1S/C14H19F2N3O2/c1-8(2)12(14(21)18-7-6-17)19-13(20)11-9(15)4-3-5-10(11)16/h3-5,8,12H,6-7,17H2,1-2H3,(H,18,21)(H,19,20). The number of nitrogens with one attached hydrogen (secondary N) is 2. The number of benzene rings is 1. The van der Waals surface area contributed by atoms with E-state index in [9.17, 15) is 18.4 Å². The third-order valence-electron chi connectivity index (χ3n) is 2.87. The number of hydrogen-bond donors (Lipinski definition) is 3. The van der Waals surface area contributed by atoms with Crippen LogP contribution in [0.25, 0.3) is 0 Å². The Morgan fingerprint density at radius 1 is 1.24 bits per heavy atom. The summed E-state index contributed by atoms with van der Waals surface area (Å²) in [5.41, 5.74) is 4.58. The van der Waals surface area contributed by atoms with Crippen LogP contribution in [0.3, 0.4) is 0 Å². The quantitative estimate of drug-likeness (QED) is 0.726. The highest BCUT2D eigenvalue weighted by Crippen LogP contribution is 2.13. The molecular formula is C14H19F2N3O2. The van der Waals surface area contributed by atoms with E-state index >= 15 is 0 Å². The zero-order chi connectivity index (χ0) is 16.0. The maximum absolute atomic E-state index is 13.5. The lowest BCUT2D eigenvalue weighted by Gasteiger charge is -2.21. The number of carbonyl (C=O) groups is 2. The number of carbonyl (C=O) groups excluding carboxylic acids is 2. The van der Waals surface area contributed by atoms with Crippen LogP contribution >= 0.6 is 0 Å². The molecule has 7 heteroatoms. The number of nitrogens with two attached hydrogens (primary N) is 1. The van der Waals surface area contributed by atoms with Crippen molar-refractivity contribution in [2.45, 2.75) is 19.9 Å². The monoisotopic (exact) mass is 299 g/mol. The van der Waals surface area contributed by atoms with Gasteiger partial charge < -0.3 is 16.4 Å². The van der Waals surface area contributed by atoms with E-state index in [-0.39, 0.29) is 19.0 Å². The van der Waals surface area contributed by atoms with Crippen molar-refractivity contribution >= 4 is 11.8 Å². The van der Waals surface area contributed by atoms with Gasteiger partial charge in [0.25, 0.3) is 5.91 Å². The predicted molar refractivity (Wildman–Crippen MR) is 74.5 cm³/mol. The van der Waals surface area contributed by atoms with Gasteiger partial charge in [0.2, 0.25) is 5.91 Å². The third-order valence-corrected chi connectivity index (χ3v) is 2.87. The lowest BCUT2D eigenvalue weighted by Crippen LogP contribution is -2.50. The molecule has 0 radical (unpaired) electrons. The van der Waals surface area contributed by atoms with Gasteiger partial charge in [0, 0.05) is 13.1 Å². The summed E-state index contributed by atoms with van der Waals surface area (Å²) in [6, 6.07) is 2.23. The first-order chi connectivity index (χ1) is 9.88. The van der Waals surface area contributed by atoms with Crippen LogP contribution < -0.4 is 16.4 Å². The summed E-state index contributed by atoms with van der Waals surface area (Å²) in [4.78, 5) is 23.9. The van der Waals surface area contributed by atoms with Crippen molar-refractivity contribution in [1.29, 1.82) is 0 Å². The summed E-state index contributed by atoms with van der Waals surface area (Å²) in [5.74, 6) is -3.61. The van der Waals surface area contributed by atoms with Crippen LogP contribution in [0.1, 0.15) is 24.2 Å². The van der Waals surface area contributed by atoms with Crippen molar-refractivity contribution in [2.24, 2.45) is 11.7 Å². The van der Waals surface area contributed by atoms with E-state index in [1.807, 2.05) is 0 Å². The first-order valence-corrected chi connectivity index (χ1v) is 6.61. The summed E-state index contributed by atoms with van der Waals surface area (Å²) in [7, 11) is 0. The van der Waals surface area contributed by atoms with Gasteiger partial charge in [-0.2, -0.15) is 0 Å². The molecule has 0 heterocycles. The molecule has 1 atom stereocenters. The number of halogens is 2. The molecule has 1 aromatic rings. The molecule has 1 unspecified atom stereocenters. The zero-order valence-electron chi connectivity index (χ0n) is 12.0. The molecule has 4 N–H and O–H groups in total. The average molecular weight is 299 g/mol. The number of hydrogen-bond acceptors (Lipinski definition) is 3. The molecule has 0 bridgehead atoms. The molecule has 0 aliphatic rings. The summed E-state index contributed by atoms with van der Waals surface area (Å²) < 4.78 is 27.1. The van der Waals surface area contributed by atoms with Crippen LogP contribution in [0.4, 0.5) is 8.78 Å². The van der Waals surface area contributed by atoms with Crippen LogP contribution in [0, 0.1) is 17.6 Å². The molecule has 1 aromatic carbocycles. The van der Waals surface area contributed by atoms with Gasteiger partial charge in [-0.05, 0) is 18.1 Å². The van der Waals surface area contributed by atoms with Gasteiger partial charge in [0.15, 0.2) is 0 Å². The topological polar surface area (TPSA) is 84.2 Å². The molecular weight excluding hydrogens is 280 g/mol. The van der Waals surface area contributed by atoms with Crippen LogP contribution in [-0.2, 0) is 4.79 Å². The maximum atomic E-state index is 13.5. The Bertz CT molecular complexity index is 501. The molecule has 1 rings (SSSR count). The molecule has 0 aliphatic heterocycles. The first-order valence-electron chi connectivity index (χ1n) is 6.61. The minimum Gasteiger partial charge on any atom is -0.353 e. The maximum Gasteiger partial charge on any atom is 0.257 e. The van der Waals surface area contributed by atoms with Gasteiger partial charge in [-0.1, -0.05) is 19.9 Å². The van der Waals surface area contributed by atoms with Crippen LogP contribution in [0.15, 0.2) is 18.2 Å². The predicted octanol–water partition coefficient (Wildman–Crippen LogP) is 0.794. The van der Waals surface area contributed by atoms with Crippen LogP contribution in [0.2, 0.25) is 0 Å². The van der Waals surface area contributed by atoms with E-state index in [4.69, 9.17) is 5.73 Å². The van der Waals surface area contributed by atoms with Crippen molar-refractivity contribution in [3.05, 3.63) is 35.4 Å². The highest BCUT2D eigenvalue weighted by molar-refractivity contribution is 5.98.